The van der Waals surface area contributed by atoms with Crippen molar-refractivity contribution in [3.8, 4) is 0 Å². The molecule has 1 N–H and O–H groups in total. The van der Waals surface area contributed by atoms with Gasteiger partial charge in [-0.25, -0.2) is 4.79 Å². The van der Waals surface area contributed by atoms with Gasteiger partial charge < -0.3 is 10.2 Å². The molecule has 2 heterocycles. The van der Waals surface area contributed by atoms with E-state index in [-0.39, 0.29) is 30.4 Å². The monoisotopic (exact) mass is 383 g/mol. The van der Waals surface area contributed by atoms with Crippen molar-refractivity contribution >= 4 is 41.0 Å². The van der Waals surface area contributed by atoms with Gasteiger partial charge in [0.1, 0.15) is 0 Å². The smallest absolute Gasteiger partial charge is 0.324 e. The second kappa shape index (κ2) is 7.62. The fourth-order valence-electron chi connectivity index (χ4n) is 3.28. The van der Waals surface area contributed by atoms with Crippen molar-refractivity contribution in [3.05, 3.63) is 33.8 Å². The minimum absolute atomic E-state index is 0.0710. The van der Waals surface area contributed by atoms with Gasteiger partial charge in [0, 0.05) is 25.6 Å². The van der Waals surface area contributed by atoms with Crippen molar-refractivity contribution in [1.29, 1.82) is 0 Å². The lowest BCUT2D eigenvalue weighted by Crippen LogP contribution is -2.49. The van der Waals surface area contributed by atoms with E-state index >= 15 is 0 Å². The van der Waals surface area contributed by atoms with Gasteiger partial charge in [0.05, 0.1) is 16.6 Å². The predicted octanol–water partition coefficient (Wildman–Crippen LogP) is 2.47. The lowest BCUT2D eigenvalue weighted by molar-refractivity contribution is -0.133. The number of nitrogens with one attached hydrogen (secondary N) is 1. The van der Waals surface area contributed by atoms with Crippen molar-refractivity contribution in [2.45, 2.75) is 31.7 Å². The van der Waals surface area contributed by atoms with Crippen molar-refractivity contribution in [1.82, 2.24) is 15.1 Å². The second-order valence-corrected chi connectivity index (χ2v) is 7.10. The van der Waals surface area contributed by atoms with Crippen LogP contribution in [-0.2, 0) is 16.0 Å². The zero-order valence-electron chi connectivity index (χ0n) is 13.6. The highest BCUT2D eigenvalue weighted by molar-refractivity contribution is 6.42. The van der Waals surface area contributed by atoms with Gasteiger partial charge in [-0.15, -0.1) is 0 Å². The molecule has 0 saturated carbocycles. The highest BCUT2D eigenvalue weighted by atomic mass is 35.5. The first-order chi connectivity index (χ1) is 12.0. The zero-order valence-corrected chi connectivity index (χ0v) is 15.1. The molecule has 4 amide bonds. The molecule has 2 aliphatic rings. The lowest BCUT2D eigenvalue weighted by atomic mass is 10.0. The Hall–Kier alpha value is -1.79. The molecule has 0 atom stereocenters. The molecule has 0 radical (unpaired) electrons. The Labute approximate surface area is 156 Å². The molecule has 0 bridgehead atoms. The number of carbonyl (C=O) groups excluding carboxylic acids is 3. The largest absolute Gasteiger partial charge is 0.343 e. The maximum Gasteiger partial charge on any atom is 0.324 e. The number of piperidine rings is 1. The number of urea groups is 1. The molecule has 1 aromatic carbocycles. The Morgan fingerprint density at radius 1 is 1.16 bits per heavy atom. The van der Waals surface area contributed by atoms with Crippen LogP contribution in [0.15, 0.2) is 18.2 Å². The van der Waals surface area contributed by atoms with Gasteiger partial charge in [-0.2, -0.15) is 0 Å². The number of nitrogens with zero attached hydrogens (tertiary/aromatic N) is 2. The number of amides is 4. The molecule has 0 spiro atoms. The maximum absolute atomic E-state index is 12.4. The minimum Gasteiger partial charge on any atom is -0.343 e. The van der Waals surface area contributed by atoms with E-state index in [0.29, 0.717) is 48.8 Å². The summed E-state index contributed by atoms with van der Waals surface area (Å²) in [6.45, 7) is 1.19. The van der Waals surface area contributed by atoms with E-state index in [1.807, 2.05) is 6.07 Å². The van der Waals surface area contributed by atoms with Crippen LogP contribution in [0.2, 0.25) is 10.0 Å². The Morgan fingerprint density at radius 3 is 2.48 bits per heavy atom. The van der Waals surface area contributed by atoms with Crippen LogP contribution >= 0.6 is 23.2 Å². The number of likely N-dealkylation sites (tertiary alicyclic amines) is 1. The molecular formula is C17H19Cl2N3O3. The fourth-order valence-corrected chi connectivity index (χ4v) is 3.60. The van der Waals surface area contributed by atoms with E-state index in [1.54, 1.807) is 17.0 Å². The third-order valence-corrected chi connectivity index (χ3v) is 5.41. The summed E-state index contributed by atoms with van der Waals surface area (Å²) in [5, 5.41) is 3.52. The van der Waals surface area contributed by atoms with E-state index in [0.717, 1.165) is 5.56 Å². The Balaban J connectivity index is 1.49. The average molecular weight is 384 g/mol. The van der Waals surface area contributed by atoms with E-state index in [4.69, 9.17) is 23.2 Å². The maximum atomic E-state index is 12.4. The topological polar surface area (TPSA) is 69.7 Å². The number of benzene rings is 1. The molecule has 1 aromatic rings. The quantitative estimate of drug-likeness (QED) is 0.811. The number of carbonyl (C=O) groups is 3. The average Bonchev–Trinajstić information content (AvgIpc) is 2.94. The molecule has 2 saturated heterocycles. The molecule has 8 heteroatoms. The number of hydrogen-bond donors (Lipinski definition) is 1. The normalized spacial score (nSPS) is 18.6. The van der Waals surface area contributed by atoms with Gasteiger partial charge in [0.2, 0.25) is 11.8 Å². The van der Waals surface area contributed by atoms with Crippen LogP contribution in [0, 0.1) is 0 Å². The number of hydrogen-bond acceptors (Lipinski definition) is 3. The van der Waals surface area contributed by atoms with Crippen molar-refractivity contribution in [3.63, 3.8) is 0 Å². The van der Waals surface area contributed by atoms with Crippen LogP contribution in [0.5, 0.6) is 0 Å². The van der Waals surface area contributed by atoms with Gasteiger partial charge in [-0.3, -0.25) is 14.5 Å². The van der Waals surface area contributed by atoms with Crippen LogP contribution in [-0.4, -0.2) is 53.3 Å². The molecule has 2 aliphatic heterocycles. The van der Waals surface area contributed by atoms with Gasteiger partial charge in [0.25, 0.3) is 0 Å². The summed E-state index contributed by atoms with van der Waals surface area (Å²) in [6.07, 6.45) is 2.24. The molecule has 0 aliphatic carbocycles. The van der Waals surface area contributed by atoms with Crippen molar-refractivity contribution < 1.29 is 14.4 Å². The summed E-state index contributed by atoms with van der Waals surface area (Å²) in [5.74, 6) is -0.115. The summed E-state index contributed by atoms with van der Waals surface area (Å²) in [6, 6.07) is 4.93. The van der Waals surface area contributed by atoms with Crippen LogP contribution in [0.3, 0.4) is 0 Å². The van der Waals surface area contributed by atoms with E-state index < -0.39 is 0 Å². The first-order valence-electron chi connectivity index (χ1n) is 8.27. The number of aryl methyl sites for hydroxylation is 1. The van der Waals surface area contributed by atoms with E-state index in [1.165, 1.54) is 4.90 Å². The summed E-state index contributed by atoms with van der Waals surface area (Å²) in [7, 11) is 0. The van der Waals surface area contributed by atoms with Gasteiger partial charge in [-0.1, -0.05) is 29.3 Å². The van der Waals surface area contributed by atoms with Crippen LogP contribution in [0.4, 0.5) is 4.79 Å². The molecule has 6 nitrogen and oxygen atoms in total. The zero-order chi connectivity index (χ0) is 18.0. The Bertz CT molecular complexity index is 686. The second-order valence-electron chi connectivity index (χ2n) is 6.28. The van der Waals surface area contributed by atoms with Gasteiger partial charge in [-0.05, 0) is 37.0 Å². The molecule has 0 unspecified atom stereocenters. The molecular weight excluding hydrogens is 365 g/mol. The highest BCUT2D eigenvalue weighted by Gasteiger charge is 2.37. The Kier molecular flexibility index (Phi) is 5.49. The van der Waals surface area contributed by atoms with Gasteiger partial charge in [0.15, 0.2) is 0 Å². The lowest BCUT2D eigenvalue weighted by Gasteiger charge is -2.35. The SMILES string of the molecule is O=C(CCc1ccc(Cl)c(Cl)c1)N1CCC(N2C(=O)CNC2=O)CC1. The summed E-state index contributed by atoms with van der Waals surface area (Å²) < 4.78 is 0. The van der Waals surface area contributed by atoms with E-state index in [9.17, 15) is 14.4 Å². The highest BCUT2D eigenvalue weighted by Crippen LogP contribution is 2.24. The van der Waals surface area contributed by atoms with Crippen LogP contribution < -0.4 is 5.32 Å². The Morgan fingerprint density at radius 2 is 1.88 bits per heavy atom. The number of rotatable bonds is 4. The summed E-state index contributed by atoms with van der Waals surface area (Å²) in [5.41, 5.74) is 0.969. The minimum atomic E-state index is -0.325. The standard InChI is InChI=1S/C17H19Cl2N3O3/c18-13-3-1-11(9-14(13)19)2-4-15(23)21-7-5-12(6-8-21)22-16(24)10-20-17(22)25/h1,3,9,12H,2,4-8,10H2,(H,20,25). The van der Waals surface area contributed by atoms with Crippen LogP contribution in [0.25, 0.3) is 0 Å². The molecule has 2 fully saturated rings. The molecule has 25 heavy (non-hydrogen) atoms. The summed E-state index contributed by atoms with van der Waals surface area (Å²) in [4.78, 5) is 38.9. The number of halogens is 2. The summed E-state index contributed by atoms with van der Waals surface area (Å²) >= 11 is 11.9. The van der Waals surface area contributed by atoms with Crippen molar-refractivity contribution in [2.75, 3.05) is 19.6 Å². The molecule has 3 rings (SSSR count). The fraction of sp³-hybridized carbons (Fsp3) is 0.471. The first kappa shape index (κ1) is 18.0. The first-order valence-corrected chi connectivity index (χ1v) is 9.03. The van der Waals surface area contributed by atoms with E-state index in [2.05, 4.69) is 5.32 Å². The van der Waals surface area contributed by atoms with Crippen molar-refractivity contribution in [2.24, 2.45) is 0 Å². The third kappa shape index (κ3) is 4.07. The molecule has 0 aromatic heterocycles. The molecule has 134 valence electrons. The predicted molar refractivity (Wildman–Crippen MR) is 94.6 cm³/mol. The van der Waals surface area contributed by atoms with Gasteiger partial charge >= 0.3 is 6.03 Å². The number of imide groups is 1. The third-order valence-electron chi connectivity index (χ3n) is 4.67. The van der Waals surface area contributed by atoms with Crippen LogP contribution in [0.1, 0.15) is 24.8 Å².